The number of nitrogens with zero attached hydrogens (tertiary/aromatic N) is 2. The Hall–Kier alpha value is -1.05. The normalized spacial score (nSPS) is 10.8. The van der Waals surface area contributed by atoms with E-state index in [0.29, 0.717) is 16.4 Å². The molecule has 1 N–H and O–H groups in total. The molecule has 0 spiro atoms. The predicted molar refractivity (Wildman–Crippen MR) is 63.2 cm³/mol. The summed E-state index contributed by atoms with van der Waals surface area (Å²) in [5, 5.41) is 10.2. The monoisotopic (exact) mass is 273 g/mol. The van der Waals surface area contributed by atoms with Crippen LogP contribution in [-0.2, 0) is 6.54 Å². The van der Waals surface area contributed by atoms with Gasteiger partial charge in [0.2, 0.25) is 0 Å². The van der Waals surface area contributed by atoms with Crippen molar-refractivity contribution in [3.05, 3.63) is 34.8 Å². The number of benzene rings is 1. The van der Waals surface area contributed by atoms with E-state index in [4.69, 9.17) is 0 Å². The minimum Gasteiger partial charge on any atom is -0.316 e. The van der Waals surface area contributed by atoms with Gasteiger partial charge in [0, 0.05) is 6.54 Å². The largest absolute Gasteiger partial charge is 0.316 e. The summed E-state index contributed by atoms with van der Waals surface area (Å²) < 4.78 is 27.9. The molecule has 0 aliphatic rings. The first-order valence-corrected chi connectivity index (χ1v) is 6.47. The highest BCUT2D eigenvalue weighted by molar-refractivity contribution is 8.01. The molecule has 0 fully saturated rings. The van der Waals surface area contributed by atoms with E-state index in [9.17, 15) is 8.78 Å². The first-order valence-electron chi connectivity index (χ1n) is 4.77. The van der Waals surface area contributed by atoms with Crippen molar-refractivity contribution in [2.75, 3.05) is 7.05 Å². The van der Waals surface area contributed by atoms with Crippen molar-refractivity contribution in [3.63, 3.8) is 0 Å². The summed E-state index contributed by atoms with van der Waals surface area (Å²) in [6.07, 6.45) is 0. The van der Waals surface area contributed by atoms with Crippen molar-refractivity contribution in [1.82, 2.24) is 15.5 Å². The molecule has 0 radical (unpaired) electrons. The van der Waals surface area contributed by atoms with Crippen molar-refractivity contribution in [1.29, 1.82) is 0 Å². The van der Waals surface area contributed by atoms with E-state index in [1.165, 1.54) is 29.0 Å². The Balaban J connectivity index is 2.28. The van der Waals surface area contributed by atoms with Crippen LogP contribution in [0.4, 0.5) is 8.78 Å². The van der Waals surface area contributed by atoms with Crippen molar-refractivity contribution in [2.45, 2.75) is 15.8 Å². The number of hydrogen-bond donors (Lipinski definition) is 1. The number of halogens is 2. The molecule has 0 atom stereocenters. The van der Waals surface area contributed by atoms with Crippen LogP contribution in [0.2, 0.25) is 0 Å². The summed E-state index contributed by atoms with van der Waals surface area (Å²) >= 11 is 2.19. The lowest BCUT2D eigenvalue weighted by molar-refractivity contribution is 0.536. The van der Waals surface area contributed by atoms with Gasteiger partial charge in [0.15, 0.2) is 4.34 Å². The summed E-state index contributed by atoms with van der Waals surface area (Å²) in [4.78, 5) is -0.0402. The molecule has 0 unspecified atom stereocenters. The minimum absolute atomic E-state index is 0.0402. The first kappa shape index (κ1) is 12.4. The molecule has 90 valence electrons. The van der Waals surface area contributed by atoms with Gasteiger partial charge in [-0.2, -0.15) is 0 Å². The van der Waals surface area contributed by atoms with E-state index >= 15 is 0 Å². The second-order valence-corrected chi connectivity index (χ2v) is 5.32. The van der Waals surface area contributed by atoms with Crippen molar-refractivity contribution in [2.24, 2.45) is 0 Å². The van der Waals surface area contributed by atoms with Crippen LogP contribution in [0.3, 0.4) is 0 Å². The maximum Gasteiger partial charge on any atom is 0.179 e. The Morgan fingerprint density at radius 1 is 1.35 bits per heavy atom. The van der Waals surface area contributed by atoms with Crippen molar-refractivity contribution < 1.29 is 8.78 Å². The summed E-state index contributed by atoms with van der Waals surface area (Å²) in [6.45, 7) is 0.428. The highest BCUT2D eigenvalue weighted by Gasteiger charge is 2.14. The quantitative estimate of drug-likeness (QED) is 0.929. The number of aromatic nitrogens is 2. The van der Waals surface area contributed by atoms with Gasteiger partial charge >= 0.3 is 0 Å². The molecule has 1 heterocycles. The Bertz CT molecular complexity index is 479. The second-order valence-electron chi connectivity index (χ2n) is 3.23. The summed E-state index contributed by atoms with van der Waals surface area (Å²) in [5.41, 5.74) is 2.09. The maximum atomic E-state index is 13.7. The topological polar surface area (TPSA) is 37.8 Å². The fourth-order valence-corrected chi connectivity index (χ4v) is 2.74. The van der Waals surface area contributed by atoms with Crippen LogP contribution in [-0.4, -0.2) is 17.2 Å². The average Bonchev–Trinajstić information content (AvgIpc) is 2.76. The number of rotatable bonds is 4. The van der Waals surface area contributed by atoms with Crippen molar-refractivity contribution >= 4 is 23.1 Å². The minimum atomic E-state index is -0.574. The summed E-state index contributed by atoms with van der Waals surface area (Å²) in [5.74, 6) is -1.15. The standard InChI is InChI=1S/C10H9F2N3S2/c1-13-4-6-2-7(11)9(8(12)3-6)17-10-15-14-5-16-10/h2-3,5,13H,4H2,1H3. The number of nitrogens with one attached hydrogen (secondary N) is 1. The van der Waals surface area contributed by atoms with Gasteiger partial charge in [-0.3, -0.25) is 0 Å². The molecule has 1 aromatic carbocycles. The van der Waals surface area contributed by atoms with Crippen LogP contribution in [0, 0.1) is 11.6 Å². The third kappa shape index (κ3) is 2.99. The zero-order valence-electron chi connectivity index (χ0n) is 8.91. The first-order chi connectivity index (χ1) is 8.20. The molecule has 2 aromatic rings. The molecule has 0 amide bonds. The lowest BCUT2D eigenvalue weighted by Crippen LogP contribution is -2.06. The van der Waals surface area contributed by atoms with Gasteiger partial charge in [-0.05, 0) is 24.7 Å². The lowest BCUT2D eigenvalue weighted by atomic mass is 10.2. The molecular formula is C10H9F2N3S2. The third-order valence-corrected chi connectivity index (χ3v) is 3.84. The SMILES string of the molecule is CNCc1cc(F)c(Sc2nncs2)c(F)c1. The van der Waals surface area contributed by atoms with Gasteiger partial charge in [0.25, 0.3) is 0 Å². The molecule has 0 saturated heterocycles. The molecule has 1 aromatic heterocycles. The zero-order chi connectivity index (χ0) is 12.3. The average molecular weight is 273 g/mol. The molecular weight excluding hydrogens is 264 g/mol. The Labute approximate surface area is 105 Å². The van der Waals surface area contributed by atoms with E-state index in [2.05, 4.69) is 15.5 Å². The lowest BCUT2D eigenvalue weighted by Gasteiger charge is -2.05. The summed E-state index contributed by atoms with van der Waals surface area (Å²) in [7, 11) is 1.72. The van der Waals surface area contributed by atoms with Gasteiger partial charge in [0.05, 0.1) is 4.90 Å². The van der Waals surface area contributed by atoms with Crippen LogP contribution in [0.1, 0.15) is 5.56 Å². The fraction of sp³-hybridized carbons (Fsp3) is 0.200. The smallest absolute Gasteiger partial charge is 0.179 e. The van der Waals surface area contributed by atoms with Gasteiger partial charge in [-0.15, -0.1) is 10.2 Å². The van der Waals surface area contributed by atoms with Crippen LogP contribution in [0.25, 0.3) is 0 Å². The molecule has 17 heavy (non-hydrogen) atoms. The number of hydrogen-bond acceptors (Lipinski definition) is 5. The predicted octanol–water partition coefficient (Wildman–Crippen LogP) is 2.69. The molecule has 0 bridgehead atoms. The van der Waals surface area contributed by atoms with Gasteiger partial charge in [-0.1, -0.05) is 23.1 Å². The molecule has 3 nitrogen and oxygen atoms in total. The van der Waals surface area contributed by atoms with E-state index < -0.39 is 11.6 Å². The molecule has 7 heteroatoms. The Morgan fingerprint density at radius 3 is 2.59 bits per heavy atom. The molecule has 0 aliphatic carbocycles. The van der Waals surface area contributed by atoms with Gasteiger partial charge in [0.1, 0.15) is 17.1 Å². The van der Waals surface area contributed by atoms with E-state index in [0.717, 1.165) is 11.8 Å². The third-order valence-electron chi connectivity index (χ3n) is 1.97. The van der Waals surface area contributed by atoms with Gasteiger partial charge < -0.3 is 5.32 Å². The highest BCUT2D eigenvalue weighted by Crippen LogP contribution is 2.33. The van der Waals surface area contributed by atoms with Crippen LogP contribution < -0.4 is 5.32 Å². The van der Waals surface area contributed by atoms with Crippen molar-refractivity contribution in [3.8, 4) is 0 Å². The van der Waals surface area contributed by atoms with E-state index in [1.807, 2.05) is 0 Å². The van der Waals surface area contributed by atoms with E-state index in [-0.39, 0.29) is 4.90 Å². The maximum absolute atomic E-state index is 13.7. The van der Waals surface area contributed by atoms with Crippen LogP contribution in [0.15, 0.2) is 26.9 Å². The van der Waals surface area contributed by atoms with Crippen LogP contribution >= 0.6 is 23.1 Å². The second kappa shape index (κ2) is 5.52. The molecule has 0 aliphatic heterocycles. The van der Waals surface area contributed by atoms with Gasteiger partial charge in [-0.25, -0.2) is 8.78 Å². The highest BCUT2D eigenvalue weighted by atomic mass is 32.2. The van der Waals surface area contributed by atoms with E-state index in [1.54, 1.807) is 7.05 Å². The zero-order valence-corrected chi connectivity index (χ0v) is 10.5. The molecule has 0 saturated carbocycles. The Kier molecular flexibility index (Phi) is 4.03. The summed E-state index contributed by atoms with van der Waals surface area (Å²) in [6, 6.07) is 2.64. The Morgan fingerprint density at radius 2 is 2.06 bits per heavy atom. The molecule has 2 rings (SSSR count). The van der Waals surface area contributed by atoms with Crippen LogP contribution in [0.5, 0.6) is 0 Å². The fourth-order valence-electron chi connectivity index (χ4n) is 1.31.